The lowest BCUT2D eigenvalue weighted by Gasteiger charge is -2.36. The number of fused-ring (bicyclic) bond motifs is 1. The van der Waals surface area contributed by atoms with Crippen molar-refractivity contribution in [2.75, 3.05) is 6.61 Å². The second-order valence-electron chi connectivity index (χ2n) is 4.21. The molecule has 0 N–H and O–H groups in total. The van der Waals surface area contributed by atoms with Crippen LogP contribution < -0.4 is 4.74 Å². The van der Waals surface area contributed by atoms with Gasteiger partial charge in [0.05, 0.1) is 17.2 Å². The maximum atomic E-state index is 11.7. The summed E-state index contributed by atoms with van der Waals surface area (Å²) >= 11 is 6.08. The molecule has 110 valence electrons. The molecule has 0 aromatic heterocycles. The first-order valence-corrected chi connectivity index (χ1v) is 8.19. The molecule has 0 saturated heterocycles. The molecule has 1 aromatic carbocycles. The van der Waals surface area contributed by atoms with Gasteiger partial charge in [0.1, 0.15) is 16.2 Å². The van der Waals surface area contributed by atoms with E-state index in [-0.39, 0.29) is 29.4 Å². The Labute approximate surface area is 130 Å². The highest BCUT2D eigenvalue weighted by Gasteiger charge is 2.41. The molecule has 8 heteroatoms. The maximum absolute atomic E-state index is 11.7. The zero-order valence-corrected chi connectivity index (χ0v) is 12.6. The van der Waals surface area contributed by atoms with E-state index in [9.17, 15) is 13.2 Å². The van der Waals surface area contributed by atoms with E-state index in [1.54, 1.807) is 0 Å². The van der Waals surface area contributed by atoms with E-state index >= 15 is 0 Å². The summed E-state index contributed by atoms with van der Waals surface area (Å²) in [5.74, 6) is -1.15. The molecule has 0 bridgehead atoms. The van der Waals surface area contributed by atoms with E-state index in [2.05, 4.69) is 0 Å². The van der Waals surface area contributed by atoms with Gasteiger partial charge in [0.25, 0.3) is 9.05 Å². The van der Waals surface area contributed by atoms with Gasteiger partial charge in [-0.25, -0.2) is 8.42 Å². The van der Waals surface area contributed by atoms with Gasteiger partial charge in [-0.3, -0.25) is 4.79 Å². The normalized spacial score (nSPS) is 24.6. The lowest BCUT2D eigenvalue weighted by molar-refractivity contribution is -0.159. The van der Waals surface area contributed by atoms with Crippen LogP contribution >= 0.6 is 22.3 Å². The Kier molecular flexibility index (Phi) is 2.97. The highest BCUT2D eigenvalue weighted by molar-refractivity contribution is 8.13. The number of carbonyl (C=O) groups is 1. The summed E-state index contributed by atoms with van der Waals surface area (Å²) in [7, 11) is 1.14. The zero-order chi connectivity index (χ0) is 17.6. The first-order chi connectivity index (χ1) is 10.4. The number of rotatable bonds is 2. The van der Waals surface area contributed by atoms with Crippen LogP contribution in [-0.4, -0.2) is 21.0 Å². The van der Waals surface area contributed by atoms with Crippen LogP contribution in [0.25, 0.3) is 0 Å². The smallest absolute Gasteiger partial charge is 0.303 e. The van der Waals surface area contributed by atoms with Gasteiger partial charge in [-0.2, -0.15) is 0 Å². The summed E-state index contributed by atoms with van der Waals surface area (Å²) in [4.78, 5) is 11.0. The molecule has 1 unspecified atom stereocenters. The summed E-state index contributed by atoms with van der Waals surface area (Å²) in [6.07, 6.45) is -0.207. The first-order valence-electron chi connectivity index (χ1n) is 7.00. The average molecular weight is 342 g/mol. The van der Waals surface area contributed by atoms with E-state index in [1.165, 1.54) is 6.07 Å². The molecule has 0 aliphatic carbocycles. The van der Waals surface area contributed by atoms with Gasteiger partial charge in [-0.05, 0) is 19.0 Å². The van der Waals surface area contributed by atoms with E-state index in [0.29, 0.717) is 0 Å². The maximum Gasteiger partial charge on any atom is 0.303 e. The summed E-state index contributed by atoms with van der Waals surface area (Å²) in [5, 5.41) is -0.0962. The van der Waals surface area contributed by atoms with Crippen LogP contribution in [-0.2, 0) is 24.2 Å². The molecule has 0 saturated carbocycles. The van der Waals surface area contributed by atoms with Crippen LogP contribution in [0.5, 0.6) is 5.75 Å². The third kappa shape index (κ3) is 2.73. The number of carbonyl (C=O) groups excluding carboxylic acids is 1. The Balaban J connectivity index is 2.87. The lowest BCUT2D eigenvalue weighted by Crippen LogP contribution is -2.35. The topological polar surface area (TPSA) is 69.7 Å². The van der Waals surface area contributed by atoms with Gasteiger partial charge in [-0.1, -0.05) is 11.6 Å². The van der Waals surface area contributed by atoms with Gasteiger partial charge in [0.2, 0.25) is 0 Å². The average Bonchev–Trinajstić information content (AvgIpc) is 2.35. The lowest BCUT2D eigenvalue weighted by atomic mass is 9.89. The fourth-order valence-corrected chi connectivity index (χ4v) is 3.30. The third-order valence-corrected chi connectivity index (χ3v) is 4.42. The number of halogens is 2. The van der Waals surface area contributed by atoms with Gasteiger partial charge >= 0.3 is 5.97 Å². The fraction of sp³-hybridized carbons (Fsp3) is 0.417. The second-order valence-corrected chi connectivity index (χ2v) is 7.15. The molecule has 0 amide bonds. The Morgan fingerprint density at radius 3 is 2.80 bits per heavy atom. The minimum atomic E-state index is -4.22. The second kappa shape index (κ2) is 5.09. The molecular formula is C12H12Cl2O5S. The summed E-state index contributed by atoms with van der Waals surface area (Å²) in [5.41, 5.74) is -2.33. The molecule has 0 fully saturated rings. The van der Waals surface area contributed by atoms with Gasteiger partial charge in [-0.15, -0.1) is 0 Å². The van der Waals surface area contributed by atoms with E-state index < -0.39 is 32.4 Å². The van der Waals surface area contributed by atoms with Crippen LogP contribution in [0, 0.1) is 0 Å². The van der Waals surface area contributed by atoms with Crippen LogP contribution in [0.3, 0.4) is 0 Å². The number of hydrogen-bond donors (Lipinski definition) is 0. The van der Waals surface area contributed by atoms with Crippen molar-refractivity contribution < 1.29 is 26.8 Å². The third-order valence-electron chi connectivity index (χ3n) is 2.76. The molecule has 20 heavy (non-hydrogen) atoms. The van der Waals surface area contributed by atoms with Crippen LogP contribution in [0.15, 0.2) is 17.0 Å². The van der Waals surface area contributed by atoms with Gasteiger partial charge in [0, 0.05) is 28.1 Å². The molecule has 1 atom stereocenters. The van der Waals surface area contributed by atoms with Crippen molar-refractivity contribution in [3.63, 3.8) is 0 Å². The highest BCUT2D eigenvalue weighted by Crippen LogP contribution is 2.47. The van der Waals surface area contributed by atoms with Gasteiger partial charge < -0.3 is 9.47 Å². The zero-order valence-electron chi connectivity index (χ0n) is 13.3. The molecule has 0 spiro atoms. The Morgan fingerprint density at radius 2 is 2.25 bits per heavy atom. The highest BCUT2D eigenvalue weighted by atomic mass is 35.7. The number of benzene rings is 1. The predicted molar refractivity (Wildman–Crippen MR) is 73.7 cm³/mol. The standard InChI is InChI=1S/C12H12Cl2O5S/c1-7(15)19-12(2)5-6-18-11-9(20(14,16)17)4-3-8(13)10(11)12/h3-4H,5-6H2,1-2H3/i2D3. The van der Waals surface area contributed by atoms with E-state index in [4.69, 9.17) is 35.9 Å². The molecule has 1 heterocycles. The first kappa shape index (κ1) is 11.7. The number of hydrogen-bond acceptors (Lipinski definition) is 5. The Hall–Kier alpha value is -0.980. The number of ether oxygens (including phenoxy) is 2. The van der Waals surface area contributed by atoms with E-state index in [1.807, 2.05) is 0 Å². The van der Waals surface area contributed by atoms with Gasteiger partial charge in [0.15, 0.2) is 0 Å². The molecule has 2 rings (SSSR count). The monoisotopic (exact) mass is 341 g/mol. The predicted octanol–water partition coefficient (Wildman–Crippen LogP) is 2.83. The summed E-state index contributed by atoms with van der Waals surface area (Å²) in [6, 6.07) is 2.28. The van der Waals surface area contributed by atoms with Crippen LogP contribution in [0.2, 0.25) is 5.02 Å². The van der Waals surface area contributed by atoms with Crippen molar-refractivity contribution in [3.05, 3.63) is 22.7 Å². The molecule has 0 radical (unpaired) electrons. The molecular weight excluding hydrogens is 327 g/mol. The SMILES string of the molecule is [2H]C([2H])([2H])C1(OC(C)=O)CCOc2c(S(=O)(=O)Cl)ccc(Cl)c21. The van der Waals surface area contributed by atoms with Crippen molar-refractivity contribution in [1.29, 1.82) is 0 Å². The van der Waals surface area contributed by atoms with E-state index in [0.717, 1.165) is 13.0 Å². The Bertz CT molecular complexity index is 763. The quantitative estimate of drug-likeness (QED) is 0.611. The molecule has 1 aliphatic heterocycles. The fourth-order valence-electron chi connectivity index (χ4n) is 2.02. The van der Waals surface area contributed by atoms with Crippen LogP contribution in [0.4, 0.5) is 0 Å². The van der Waals surface area contributed by atoms with Crippen molar-refractivity contribution in [3.8, 4) is 5.75 Å². The Morgan fingerprint density at radius 1 is 1.55 bits per heavy atom. The van der Waals surface area contributed by atoms with Crippen molar-refractivity contribution in [2.24, 2.45) is 0 Å². The molecule has 1 aliphatic rings. The van der Waals surface area contributed by atoms with Crippen molar-refractivity contribution >= 4 is 37.3 Å². The minimum Gasteiger partial charge on any atom is -0.491 e. The largest absolute Gasteiger partial charge is 0.491 e. The van der Waals surface area contributed by atoms with Crippen LogP contribution in [0.1, 0.15) is 29.9 Å². The minimum absolute atomic E-state index is 0.0962. The number of esters is 1. The molecule has 5 nitrogen and oxygen atoms in total. The van der Waals surface area contributed by atoms with Crippen molar-refractivity contribution in [1.82, 2.24) is 0 Å². The summed E-state index contributed by atoms with van der Waals surface area (Å²) < 4.78 is 57.1. The van der Waals surface area contributed by atoms with Crippen molar-refractivity contribution in [2.45, 2.75) is 30.7 Å². The molecule has 1 aromatic rings. The summed E-state index contributed by atoms with van der Waals surface area (Å²) in [6.45, 7) is -1.92.